The van der Waals surface area contributed by atoms with E-state index in [2.05, 4.69) is 26.1 Å². The lowest BCUT2D eigenvalue weighted by Gasteiger charge is -2.27. The highest BCUT2D eigenvalue weighted by atomic mass is 16.5. The normalized spacial score (nSPS) is 23.2. The van der Waals surface area contributed by atoms with Crippen LogP contribution in [0.2, 0.25) is 0 Å². The van der Waals surface area contributed by atoms with Crippen molar-refractivity contribution in [1.82, 2.24) is 26.1 Å². The number of hydrogen-bond acceptors (Lipinski definition) is 6. The molecule has 118 valence electrons. The summed E-state index contributed by atoms with van der Waals surface area (Å²) in [5.74, 6) is 0.0939. The van der Waals surface area contributed by atoms with Crippen molar-refractivity contribution in [2.75, 3.05) is 0 Å². The summed E-state index contributed by atoms with van der Waals surface area (Å²) in [5.41, 5.74) is -0.645. The van der Waals surface area contributed by atoms with E-state index in [4.69, 9.17) is 4.52 Å². The molecule has 4 amide bonds. The van der Waals surface area contributed by atoms with Crippen LogP contribution in [0.3, 0.4) is 0 Å². The molecular formula is C13H17N5O4. The second-order valence-corrected chi connectivity index (χ2v) is 5.69. The van der Waals surface area contributed by atoms with E-state index in [1.165, 1.54) is 0 Å². The largest absolute Gasteiger partial charge is 0.343 e. The van der Waals surface area contributed by atoms with Gasteiger partial charge < -0.3 is 15.2 Å². The van der Waals surface area contributed by atoms with E-state index >= 15 is 0 Å². The third kappa shape index (κ3) is 2.66. The molecule has 1 atom stereocenters. The van der Waals surface area contributed by atoms with Crippen LogP contribution in [0.1, 0.15) is 43.8 Å². The van der Waals surface area contributed by atoms with Gasteiger partial charge in [-0.15, -0.1) is 0 Å². The zero-order chi connectivity index (χ0) is 15.7. The van der Waals surface area contributed by atoms with E-state index < -0.39 is 23.5 Å². The Morgan fingerprint density at radius 3 is 2.68 bits per heavy atom. The number of hydrogen-bond donors (Lipinski definition) is 3. The summed E-state index contributed by atoms with van der Waals surface area (Å²) in [6.07, 6.45) is 3.24. The monoisotopic (exact) mass is 307 g/mol. The summed E-state index contributed by atoms with van der Waals surface area (Å²) in [4.78, 5) is 39.1. The molecule has 3 rings (SSSR count). The third-order valence-corrected chi connectivity index (χ3v) is 4.04. The molecule has 1 aliphatic carbocycles. The summed E-state index contributed by atoms with van der Waals surface area (Å²) >= 11 is 0. The molecule has 0 bridgehead atoms. The number of urea groups is 1. The number of amides is 4. The van der Waals surface area contributed by atoms with Crippen LogP contribution in [0.15, 0.2) is 4.52 Å². The van der Waals surface area contributed by atoms with Crippen molar-refractivity contribution < 1.29 is 18.9 Å². The maximum atomic E-state index is 12.3. The molecule has 2 aliphatic rings. The van der Waals surface area contributed by atoms with Crippen molar-refractivity contribution in [3.8, 4) is 0 Å². The van der Waals surface area contributed by atoms with Gasteiger partial charge in [0, 0.05) is 6.92 Å². The first kappa shape index (κ1) is 14.5. The highest BCUT2D eigenvalue weighted by Gasteiger charge is 2.42. The smallest absolute Gasteiger partial charge is 0.322 e. The lowest BCUT2D eigenvalue weighted by molar-refractivity contribution is -0.127. The van der Waals surface area contributed by atoms with Gasteiger partial charge in [0.05, 0.1) is 6.42 Å². The van der Waals surface area contributed by atoms with Crippen molar-refractivity contribution in [3.63, 3.8) is 0 Å². The van der Waals surface area contributed by atoms with E-state index in [0.29, 0.717) is 11.7 Å². The van der Waals surface area contributed by atoms with Gasteiger partial charge in [0.1, 0.15) is 11.6 Å². The Hall–Kier alpha value is -2.45. The second kappa shape index (κ2) is 5.39. The lowest BCUT2D eigenvalue weighted by atomic mass is 9.96. The van der Waals surface area contributed by atoms with Gasteiger partial charge in [-0.2, -0.15) is 4.98 Å². The third-order valence-electron chi connectivity index (χ3n) is 4.04. The van der Waals surface area contributed by atoms with Crippen molar-refractivity contribution in [2.45, 2.75) is 50.6 Å². The highest BCUT2D eigenvalue weighted by Crippen LogP contribution is 2.37. The van der Waals surface area contributed by atoms with Crippen molar-refractivity contribution >= 4 is 17.8 Å². The Morgan fingerprint density at radius 2 is 2.14 bits per heavy atom. The van der Waals surface area contributed by atoms with Crippen molar-refractivity contribution in [3.05, 3.63) is 11.7 Å². The van der Waals surface area contributed by atoms with E-state index in [0.717, 1.165) is 25.7 Å². The molecule has 0 aromatic carbocycles. The molecule has 9 heteroatoms. The Bertz CT molecular complexity index is 620. The molecule has 9 nitrogen and oxygen atoms in total. The maximum Gasteiger partial charge on any atom is 0.322 e. The fraction of sp³-hybridized carbons (Fsp3) is 0.615. The van der Waals surface area contributed by atoms with Gasteiger partial charge in [0.15, 0.2) is 5.82 Å². The van der Waals surface area contributed by atoms with Crippen LogP contribution >= 0.6 is 0 Å². The average Bonchev–Trinajstić information content (AvgIpc) is 3.13. The molecule has 1 saturated carbocycles. The fourth-order valence-electron chi connectivity index (χ4n) is 2.98. The number of rotatable bonds is 4. The van der Waals surface area contributed by atoms with Crippen LogP contribution in [-0.4, -0.2) is 34.0 Å². The van der Waals surface area contributed by atoms with Gasteiger partial charge in [-0.05, 0) is 12.8 Å². The topological polar surface area (TPSA) is 126 Å². The first-order chi connectivity index (χ1) is 10.5. The molecule has 1 aromatic heterocycles. The first-order valence-electron chi connectivity index (χ1n) is 7.22. The number of nitrogens with one attached hydrogen (secondary N) is 3. The second-order valence-electron chi connectivity index (χ2n) is 5.69. The average molecular weight is 307 g/mol. The summed E-state index contributed by atoms with van der Waals surface area (Å²) < 4.78 is 5.01. The van der Waals surface area contributed by atoms with Crippen molar-refractivity contribution in [1.29, 1.82) is 0 Å². The lowest BCUT2D eigenvalue weighted by Crippen LogP contribution is -2.47. The standard InChI is InChI=1S/C13H17N5O4/c1-7-14-11(18-22-7)13(4-2-3-5-13)17-9(19)6-8-10(20)16-12(21)15-8/h8H,2-6H2,1H3,(H,17,19)(H2,15,16,20,21). The van der Waals surface area contributed by atoms with Gasteiger partial charge >= 0.3 is 6.03 Å². The molecule has 0 spiro atoms. The molecular weight excluding hydrogens is 290 g/mol. The predicted molar refractivity (Wildman–Crippen MR) is 72.4 cm³/mol. The summed E-state index contributed by atoms with van der Waals surface area (Å²) in [6.45, 7) is 1.69. The Morgan fingerprint density at radius 1 is 1.41 bits per heavy atom. The molecule has 1 unspecified atom stereocenters. The zero-order valence-corrected chi connectivity index (χ0v) is 12.1. The van der Waals surface area contributed by atoms with E-state index in [-0.39, 0.29) is 12.3 Å². The molecule has 1 aromatic rings. The summed E-state index contributed by atoms with van der Waals surface area (Å²) in [7, 11) is 0. The maximum absolute atomic E-state index is 12.3. The van der Waals surface area contributed by atoms with Crippen LogP contribution < -0.4 is 16.0 Å². The molecule has 0 radical (unpaired) electrons. The summed E-state index contributed by atoms with van der Waals surface area (Å²) in [6, 6.07) is -1.41. The van der Waals surface area contributed by atoms with Crippen molar-refractivity contribution in [2.24, 2.45) is 0 Å². The van der Waals surface area contributed by atoms with Gasteiger partial charge in [-0.3, -0.25) is 14.9 Å². The van der Waals surface area contributed by atoms with Gasteiger partial charge in [-0.1, -0.05) is 18.0 Å². The predicted octanol–water partition coefficient (Wildman–Crippen LogP) is -0.138. The van der Waals surface area contributed by atoms with E-state index in [1.54, 1.807) is 6.92 Å². The van der Waals surface area contributed by atoms with Crippen LogP contribution in [0.5, 0.6) is 0 Å². The Kier molecular flexibility index (Phi) is 3.55. The van der Waals surface area contributed by atoms with Crippen LogP contribution in [-0.2, 0) is 15.1 Å². The number of carbonyl (C=O) groups excluding carboxylic acids is 3. The van der Waals surface area contributed by atoms with Crippen LogP contribution in [0, 0.1) is 6.92 Å². The van der Waals surface area contributed by atoms with Gasteiger partial charge in [-0.25, -0.2) is 4.79 Å². The summed E-state index contributed by atoms with van der Waals surface area (Å²) in [5, 5.41) is 11.4. The van der Waals surface area contributed by atoms with E-state index in [9.17, 15) is 14.4 Å². The number of nitrogens with zero attached hydrogens (tertiary/aromatic N) is 2. The van der Waals surface area contributed by atoms with E-state index in [1.807, 2.05) is 0 Å². The Balaban J connectivity index is 1.70. The number of imide groups is 1. The number of aryl methyl sites for hydroxylation is 1. The quantitative estimate of drug-likeness (QED) is 0.665. The number of aromatic nitrogens is 2. The first-order valence-corrected chi connectivity index (χ1v) is 7.22. The zero-order valence-electron chi connectivity index (χ0n) is 12.1. The highest BCUT2D eigenvalue weighted by molar-refractivity contribution is 6.05. The minimum absolute atomic E-state index is 0.115. The molecule has 3 N–H and O–H groups in total. The van der Waals surface area contributed by atoms with Crippen LogP contribution in [0.25, 0.3) is 0 Å². The van der Waals surface area contributed by atoms with Gasteiger partial charge in [0.2, 0.25) is 11.8 Å². The minimum Gasteiger partial charge on any atom is -0.343 e. The molecule has 2 fully saturated rings. The Labute approximate surface area is 126 Å². The number of carbonyl (C=O) groups is 3. The van der Waals surface area contributed by atoms with Crippen LogP contribution in [0.4, 0.5) is 4.79 Å². The minimum atomic E-state index is -0.835. The molecule has 22 heavy (non-hydrogen) atoms. The fourth-order valence-corrected chi connectivity index (χ4v) is 2.98. The SMILES string of the molecule is Cc1nc(C2(NC(=O)CC3NC(=O)NC3=O)CCCC2)no1. The van der Waals surface area contributed by atoms with Gasteiger partial charge in [0.25, 0.3) is 5.91 Å². The molecule has 1 saturated heterocycles. The molecule has 1 aliphatic heterocycles. The molecule has 2 heterocycles.